The van der Waals surface area contributed by atoms with Gasteiger partial charge in [-0.05, 0) is 28.3 Å². The molecule has 0 unspecified atom stereocenters. The maximum Gasteiger partial charge on any atom is 0.411 e. The fourth-order valence-electron chi connectivity index (χ4n) is 4.64. The summed E-state index contributed by atoms with van der Waals surface area (Å²) in [6, 6.07) is 17.9. The van der Waals surface area contributed by atoms with Gasteiger partial charge in [0.25, 0.3) is 0 Å². The Hall–Kier alpha value is -3.91. The second-order valence-corrected chi connectivity index (χ2v) is 8.51. The lowest BCUT2D eigenvalue weighted by Crippen LogP contribution is -2.26. The molecule has 0 spiro atoms. The number of ether oxygens (including phenoxy) is 3. The van der Waals surface area contributed by atoms with Crippen LogP contribution in [0.1, 0.15) is 40.2 Å². The Kier molecular flexibility index (Phi) is 6.37. The number of nitrogens with one attached hydrogen (secondary N) is 1. The molecule has 3 aromatic carbocycles. The second kappa shape index (κ2) is 9.76. The van der Waals surface area contributed by atoms with E-state index in [-0.39, 0.29) is 35.6 Å². The van der Waals surface area contributed by atoms with Gasteiger partial charge >= 0.3 is 12.1 Å². The summed E-state index contributed by atoms with van der Waals surface area (Å²) >= 11 is 0. The summed E-state index contributed by atoms with van der Waals surface area (Å²) in [5.74, 6) is -2.42. The lowest BCUT2D eigenvalue weighted by molar-refractivity contribution is 0.0239. The van der Waals surface area contributed by atoms with Gasteiger partial charge in [-0.3, -0.25) is 5.32 Å². The molecule has 7 nitrogen and oxygen atoms in total. The van der Waals surface area contributed by atoms with Gasteiger partial charge in [0, 0.05) is 24.8 Å². The Morgan fingerprint density at radius 1 is 1.00 bits per heavy atom. The highest BCUT2D eigenvalue weighted by molar-refractivity contribution is 5.99. The van der Waals surface area contributed by atoms with Crippen molar-refractivity contribution < 1.29 is 33.3 Å². The molecule has 5 rings (SSSR count). The van der Waals surface area contributed by atoms with E-state index in [1.807, 2.05) is 48.5 Å². The minimum atomic E-state index is -1.32. The van der Waals surface area contributed by atoms with Crippen LogP contribution in [-0.2, 0) is 9.47 Å². The average molecular weight is 477 g/mol. The van der Waals surface area contributed by atoms with Crippen LogP contribution in [0.25, 0.3) is 11.1 Å². The van der Waals surface area contributed by atoms with E-state index in [1.165, 1.54) is 0 Å². The normalized spacial score (nSPS) is 15.2. The Balaban J connectivity index is 1.30. The van der Waals surface area contributed by atoms with E-state index in [2.05, 4.69) is 5.32 Å². The summed E-state index contributed by atoms with van der Waals surface area (Å²) in [6.45, 7) is 1.05. The lowest BCUT2D eigenvalue weighted by atomic mass is 9.98. The number of anilines is 1. The zero-order chi connectivity index (χ0) is 24.4. The van der Waals surface area contributed by atoms with E-state index < -0.39 is 17.9 Å². The number of carbonyl (C=O) groups is 2. The summed E-state index contributed by atoms with van der Waals surface area (Å²) in [7, 11) is 0. The van der Waals surface area contributed by atoms with Crippen molar-refractivity contribution in [3.63, 3.8) is 0 Å². The topological polar surface area (TPSA) is 94.1 Å². The highest BCUT2D eigenvalue weighted by Crippen LogP contribution is 2.44. The number of rotatable bonds is 6. The van der Waals surface area contributed by atoms with Gasteiger partial charge < -0.3 is 19.3 Å². The first-order valence-electron chi connectivity index (χ1n) is 11.4. The first-order chi connectivity index (χ1) is 17.0. The molecule has 1 heterocycles. The van der Waals surface area contributed by atoms with Crippen LogP contribution < -0.4 is 10.1 Å². The number of aromatic carboxylic acids is 1. The molecule has 0 saturated carbocycles. The van der Waals surface area contributed by atoms with Crippen LogP contribution in [0.4, 0.5) is 14.9 Å². The molecule has 2 aliphatic rings. The van der Waals surface area contributed by atoms with E-state index in [9.17, 15) is 19.1 Å². The molecule has 3 aromatic rings. The van der Waals surface area contributed by atoms with E-state index in [1.54, 1.807) is 0 Å². The summed E-state index contributed by atoms with van der Waals surface area (Å²) in [5, 5.41) is 12.0. The van der Waals surface area contributed by atoms with E-state index in [0.717, 1.165) is 34.4 Å². The van der Waals surface area contributed by atoms with Crippen molar-refractivity contribution in [2.24, 2.45) is 0 Å². The number of carbonyl (C=O) groups excluding carboxylic acids is 1. The average Bonchev–Trinajstić information content (AvgIpc) is 3.18. The van der Waals surface area contributed by atoms with Gasteiger partial charge in [-0.15, -0.1) is 0 Å². The van der Waals surface area contributed by atoms with Gasteiger partial charge in [0.2, 0.25) is 0 Å². The number of fused-ring (bicyclic) bond motifs is 3. The largest absolute Gasteiger partial charge is 0.487 e. The van der Waals surface area contributed by atoms with Crippen molar-refractivity contribution in [2.75, 3.05) is 25.1 Å². The molecule has 2 N–H and O–H groups in total. The molecule has 1 fully saturated rings. The first-order valence-corrected chi connectivity index (χ1v) is 11.4. The van der Waals surface area contributed by atoms with Gasteiger partial charge in [-0.2, -0.15) is 0 Å². The highest BCUT2D eigenvalue weighted by atomic mass is 19.1. The quantitative estimate of drug-likeness (QED) is 0.491. The Morgan fingerprint density at radius 3 is 2.26 bits per heavy atom. The summed E-state index contributed by atoms with van der Waals surface area (Å²) in [5.41, 5.74) is 3.79. The SMILES string of the molecule is O=C(Nc1cc(F)c(OC2CCOCC2)cc1C(=O)O)OCC1c2ccccc2-c2ccccc21. The van der Waals surface area contributed by atoms with Gasteiger partial charge in [0.1, 0.15) is 12.7 Å². The van der Waals surface area contributed by atoms with Gasteiger partial charge in [-0.25, -0.2) is 14.0 Å². The minimum Gasteiger partial charge on any atom is -0.487 e. The molecule has 0 aromatic heterocycles. The van der Waals surface area contributed by atoms with Crippen molar-refractivity contribution in [1.29, 1.82) is 0 Å². The van der Waals surface area contributed by atoms with Crippen molar-refractivity contribution >= 4 is 17.7 Å². The minimum absolute atomic E-state index is 0.0513. The maximum atomic E-state index is 14.7. The Labute approximate surface area is 201 Å². The number of benzene rings is 3. The maximum absolute atomic E-state index is 14.7. The van der Waals surface area contributed by atoms with Crippen molar-refractivity contribution in [3.8, 4) is 16.9 Å². The lowest BCUT2D eigenvalue weighted by Gasteiger charge is -2.24. The molecule has 1 saturated heterocycles. The standard InChI is InChI=1S/C27H24FNO6/c28-23-14-24(21(26(30)31)13-25(23)35-16-9-11-33-12-10-16)29-27(32)34-15-22-19-7-3-1-5-17(19)18-6-2-4-8-20(18)22/h1-8,13-14,16,22H,9-12,15H2,(H,29,32)(H,30,31). The van der Waals surface area contributed by atoms with Crippen LogP contribution in [0.3, 0.4) is 0 Å². The van der Waals surface area contributed by atoms with E-state index in [0.29, 0.717) is 26.1 Å². The summed E-state index contributed by atoms with van der Waals surface area (Å²) in [6.07, 6.45) is 0.0381. The van der Waals surface area contributed by atoms with Crippen LogP contribution in [-0.4, -0.2) is 43.1 Å². The molecule has 0 radical (unpaired) electrons. The fourth-order valence-corrected chi connectivity index (χ4v) is 4.64. The van der Waals surface area contributed by atoms with Crippen molar-refractivity contribution in [1.82, 2.24) is 0 Å². The number of amides is 1. The second-order valence-electron chi connectivity index (χ2n) is 8.51. The molecule has 180 valence electrons. The third-order valence-corrected chi connectivity index (χ3v) is 6.34. The number of carboxylic acids is 1. The smallest absolute Gasteiger partial charge is 0.411 e. The van der Waals surface area contributed by atoms with Gasteiger partial charge in [0.15, 0.2) is 11.6 Å². The van der Waals surface area contributed by atoms with Crippen LogP contribution in [0.5, 0.6) is 5.75 Å². The molecular weight excluding hydrogens is 453 g/mol. The monoisotopic (exact) mass is 477 g/mol. The van der Waals surface area contributed by atoms with E-state index in [4.69, 9.17) is 14.2 Å². The van der Waals surface area contributed by atoms with Crippen LogP contribution in [0.2, 0.25) is 0 Å². The predicted molar refractivity (Wildman–Crippen MR) is 127 cm³/mol. The number of hydrogen-bond acceptors (Lipinski definition) is 5. The zero-order valence-corrected chi connectivity index (χ0v) is 18.8. The third kappa shape index (κ3) is 4.70. The van der Waals surface area contributed by atoms with Gasteiger partial charge in [0.05, 0.1) is 24.5 Å². The number of halogens is 1. The summed E-state index contributed by atoms with van der Waals surface area (Å²) < 4.78 is 31.1. The van der Waals surface area contributed by atoms with Gasteiger partial charge in [-0.1, -0.05) is 48.5 Å². The van der Waals surface area contributed by atoms with Crippen LogP contribution in [0, 0.1) is 5.82 Å². The van der Waals surface area contributed by atoms with Crippen LogP contribution in [0.15, 0.2) is 60.7 Å². The molecule has 35 heavy (non-hydrogen) atoms. The van der Waals surface area contributed by atoms with E-state index >= 15 is 0 Å². The van der Waals surface area contributed by atoms with Crippen molar-refractivity contribution in [2.45, 2.75) is 24.9 Å². The molecule has 1 aliphatic heterocycles. The summed E-state index contributed by atoms with van der Waals surface area (Å²) in [4.78, 5) is 24.4. The van der Waals surface area contributed by atoms with Crippen LogP contribution >= 0.6 is 0 Å². The first kappa shape index (κ1) is 22.9. The molecule has 0 bridgehead atoms. The molecular formula is C27H24FNO6. The zero-order valence-electron chi connectivity index (χ0n) is 18.8. The molecule has 1 amide bonds. The third-order valence-electron chi connectivity index (χ3n) is 6.34. The molecule has 8 heteroatoms. The number of hydrogen-bond donors (Lipinski definition) is 2. The predicted octanol–water partition coefficient (Wildman–Crippen LogP) is 5.44. The Bertz CT molecular complexity index is 1220. The molecule has 1 aliphatic carbocycles. The van der Waals surface area contributed by atoms with Crippen molar-refractivity contribution in [3.05, 3.63) is 83.2 Å². The molecule has 0 atom stereocenters. The fraction of sp³-hybridized carbons (Fsp3) is 0.259. The Morgan fingerprint density at radius 2 is 1.63 bits per heavy atom. The highest BCUT2D eigenvalue weighted by Gasteiger charge is 2.29. The number of carboxylic acid groups (broad SMARTS) is 1.